The minimum atomic E-state index is -5.60. The molecule has 80 valence electrons. The van der Waals surface area contributed by atoms with Crippen LogP contribution in [0.4, 0.5) is 26.3 Å². The maximum atomic E-state index is 12.4. The van der Waals surface area contributed by atoms with Gasteiger partial charge in [-0.25, -0.2) is 4.39 Å². The standard InChI is InChI=1S/C5H5BrF6O/c1-13-3(6)4(8,9)2(7)5(10,11)12/h2-3H,1H3. The monoisotopic (exact) mass is 274 g/mol. The van der Waals surface area contributed by atoms with Crippen LogP contribution in [0.5, 0.6) is 0 Å². The molecule has 0 aromatic rings. The third-order valence-electron chi connectivity index (χ3n) is 1.13. The molecule has 0 aliphatic rings. The van der Waals surface area contributed by atoms with Gasteiger partial charge in [-0.05, 0) is 0 Å². The Bertz CT molecular complexity index is 169. The van der Waals surface area contributed by atoms with Crippen LogP contribution in [0, 0.1) is 0 Å². The molecule has 8 heteroatoms. The molecule has 0 heterocycles. The summed E-state index contributed by atoms with van der Waals surface area (Å²) in [7, 11) is 0.733. The minimum Gasteiger partial charge on any atom is -0.364 e. The van der Waals surface area contributed by atoms with E-state index in [4.69, 9.17) is 0 Å². The summed E-state index contributed by atoms with van der Waals surface area (Å²) in [5, 5.41) is -2.31. The third kappa shape index (κ3) is 3.01. The zero-order valence-corrected chi connectivity index (χ0v) is 7.79. The fraction of sp³-hybridized carbons (Fsp3) is 1.00. The Balaban J connectivity index is 4.63. The highest BCUT2D eigenvalue weighted by atomic mass is 79.9. The Morgan fingerprint density at radius 2 is 1.54 bits per heavy atom. The lowest BCUT2D eigenvalue weighted by molar-refractivity contribution is -0.257. The van der Waals surface area contributed by atoms with E-state index in [2.05, 4.69) is 20.7 Å². The molecule has 0 aliphatic carbocycles. The Hall–Kier alpha value is 0.0200. The molecule has 1 nitrogen and oxygen atoms in total. The smallest absolute Gasteiger partial charge is 0.364 e. The van der Waals surface area contributed by atoms with E-state index in [1.54, 1.807) is 0 Å². The summed E-state index contributed by atoms with van der Waals surface area (Å²) in [4.78, 5) is 0. The molecule has 0 aromatic heterocycles. The SMILES string of the molecule is COC(Br)C(F)(F)C(F)C(F)(F)F. The first kappa shape index (κ1) is 13.0. The van der Waals surface area contributed by atoms with Crippen molar-refractivity contribution in [2.45, 2.75) is 23.3 Å². The zero-order chi connectivity index (χ0) is 10.9. The molecule has 2 unspecified atom stereocenters. The minimum absolute atomic E-state index is 0.733. The third-order valence-corrected chi connectivity index (χ3v) is 2.12. The van der Waals surface area contributed by atoms with Gasteiger partial charge in [-0.2, -0.15) is 22.0 Å². The lowest BCUT2D eigenvalue weighted by Crippen LogP contribution is -2.47. The Labute approximate surface area is 78.2 Å². The van der Waals surface area contributed by atoms with Crippen molar-refractivity contribution in [2.24, 2.45) is 0 Å². The van der Waals surface area contributed by atoms with E-state index >= 15 is 0 Å². The second kappa shape index (κ2) is 4.04. The van der Waals surface area contributed by atoms with E-state index in [0.717, 1.165) is 7.11 Å². The van der Waals surface area contributed by atoms with Crippen molar-refractivity contribution in [3.05, 3.63) is 0 Å². The van der Waals surface area contributed by atoms with E-state index in [0.29, 0.717) is 0 Å². The topological polar surface area (TPSA) is 9.23 Å². The predicted molar refractivity (Wildman–Crippen MR) is 35.6 cm³/mol. The van der Waals surface area contributed by atoms with Gasteiger partial charge >= 0.3 is 12.1 Å². The largest absolute Gasteiger partial charge is 0.425 e. The maximum absolute atomic E-state index is 12.4. The fourth-order valence-corrected chi connectivity index (χ4v) is 0.722. The average Bonchev–Trinajstić information content (AvgIpc) is 1.99. The Morgan fingerprint density at radius 1 is 1.15 bits per heavy atom. The molecule has 0 bridgehead atoms. The second-order valence-corrected chi connectivity index (χ2v) is 2.96. The Kier molecular flexibility index (Phi) is 4.04. The van der Waals surface area contributed by atoms with Crippen LogP contribution in [0.15, 0.2) is 0 Å². The van der Waals surface area contributed by atoms with Crippen LogP contribution in [0.25, 0.3) is 0 Å². The highest BCUT2D eigenvalue weighted by molar-refractivity contribution is 9.09. The first-order valence-electron chi connectivity index (χ1n) is 2.89. The zero-order valence-electron chi connectivity index (χ0n) is 6.21. The molecular formula is C5H5BrF6O. The van der Waals surface area contributed by atoms with Crippen molar-refractivity contribution >= 4 is 15.9 Å². The van der Waals surface area contributed by atoms with Gasteiger partial charge in [-0.15, -0.1) is 0 Å². The summed E-state index contributed by atoms with van der Waals surface area (Å²) in [5.74, 6) is -4.65. The van der Waals surface area contributed by atoms with Crippen LogP contribution < -0.4 is 0 Å². The van der Waals surface area contributed by atoms with Crippen molar-refractivity contribution in [3.8, 4) is 0 Å². The van der Waals surface area contributed by atoms with Gasteiger partial charge in [0.15, 0.2) is 5.01 Å². The molecule has 0 saturated heterocycles. The Morgan fingerprint density at radius 3 is 1.77 bits per heavy atom. The van der Waals surface area contributed by atoms with E-state index < -0.39 is 23.3 Å². The van der Waals surface area contributed by atoms with Crippen LogP contribution in [0.2, 0.25) is 0 Å². The van der Waals surface area contributed by atoms with Crippen molar-refractivity contribution in [2.75, 3.05) is 7.11 Å². The maximum Gasteiger partial charge on any atom is 0.425 e. The number of halogens is 7. The molecule has 13 heavy (non-hydrogen) atoms. The van der Waals surface area contributed by atoms with Crippen LogP contribution >= 0.6 is 15.9 Å². The first-order chi connectivity index (χ1) is 5.64. The molecule has 0 fully saturated rings. The van der Waals surface area contributed by atoms with Gasteiger partial charge in [0.25, 0.3) is 6.17 Å². The van der Waals surface area contributed by atoms with Gasteiger partial charge in [-0.3, -0.25) is 0 Å². The average molecular weight is 275 g/mol. The molecule has 0 spiro atoms. The molecule has 0 aliphatic heterocycles. The van der Waals surface area contributed by atoms with Crippen LogP contribution in [-0.2, 0) is 4.74 Å². The fourth-order valence-electron chi connectivity index (χ4n) is 0.490. The van der Waals surface area contributed by atoms with Crippen molar-refractivity contribution in [1.29, 1.82) is 0 Å². The van der Waals surface area contributed by atoms with Gasteiger partial charge in [0, 0.05) is 7.11 Å². The van der Waals surface area contributed by atoms with Gasteiger partial charge < -0.3 is 4.74 Å². The number of methoxy groups -OCH3 is 1. The number of alkyl halides is 7. The molecular weight excluding hydrogens is 270 g/mol. The number of ether oxygens (including phenoxy) is 1. The molecule has 0 radical (unpaired) electrons. The second-order valence-electron chi connectivity index (χ2n) is 2.13. The highest BCUT2D eigenvalue weighted by Gasteiger charge is 2.60. The number of hydrogen-bond acceptors (Lipinski definition) is 1. The van der Waals surface area contributed by atoms with Gasteiger partial charge in [0.1, 0.15) is 0 Å². The molecule has 0 rings (SSSR count). The van der Waals surface area contributed by atoms with Gasteiger partial charge in [-0.1, -0.05) is 15.9 Å². The summed E-state index contributed by atoms with van der Waals surface area (Å²) >= 11 is 2.08. The van der Waals surface area contributed by atoms with E-state index in [1.165, 1.54) is 0 Å². The van der Waals surface area contributed by atoms with Crippen LogP contribution in [0.3, 0.4) is 0 Å². The number of hydrogen-bond donors (Lipinski definition) is 0. The predicted octanol–water partition coefficient (Wildman–Crippen LogP) is 2.89. The summed E-state index contributed by atoms with van der Waals surface area (Å²) in [6.07, 6.45) is -9.85. The summed E-state index contributed by atoms with van der Waals surface area (Å²) in [6.45, 7) is 0. The van der Waals surface area contributed by atoms with Gasteiger partial charge in [0.2, 0.25) is 0 Å². The summed E-state index contributed by atoms with van der Waals surface area (Å²) in [6, 6.07) is 0. The lowest BCUT2D eigenvalue weighted by atomic mass is 10.2. The van der Waals surface area contributed by atoms with E-state index in [9.17, 15) is 26.3 Å². The van der Waals surface area contributed by atoms with Gasteiger partial charge in [0.05, 0.1) is 0 Å². The normalized spacial score (nSPS) is 18.5. The first-order valence-corrected chi connectivity index (χ1v) is 3.81. The molecule has 0 N–H and O–H groups in total. The van der Waals surface area contributed by atoms with E-state index in [1.807, 2.05) is 0 Å². The van der Waals surface area contributed by atoms with Crippen molar-refractivity contribution in [1.82, 2.24) is 0 Å². The lowest BCUT2D eigenvalue weighted by Gasteiger charge is -2.25. The summed E-state index contributed by atoms with van der Waals surface area (Å²) in [5.41, 5.74) is 0. The van der Waals surface area contributed by atoms with Crippen molar-refractivity contribution in [3.63, 3.8) is 0 Å². The van der Waals surface area contributed by atoms with Crippen LogP contribution in [-0.4, -0.2) is 30.4 Å². The van der Waals surface area contributed by atoms with Crippen LogP contribution in [0.1, 0.15) is 0 Å². The molecule has 0 saturated carbocycles. The number of rotatable bonds is 3. The quantitative estimate of drug-likeness (QED) is 0.568. The van der Waals surface area contributed by atoms with Crippen molar-refractivity contribution < 1.29 is 31.1 Å². The molecule has 0 aromatic carbocycles. The molecule has 2 atom stereocenters. The summed E-state index contributed by atoms with van der Waals surface area (Å²) < 4.78 is 75.4. The van der Waals surface area contributed by atoms with E-state index in [-0.39, 0.29) is 0 Å². The molecule has 0 amide bonds. The highest BCUT2D eigenvalue weighted by Crippen LogP contribution is 2.39.